The van der Waals surface area contributed by atoms with Gasteiger partial charge >= 0.3 is 0 Å². The van der Waals surface area contributed by atoms with Crippen LogP contribution in [0.3, 0.4) is 0 Å². The number of rotatable bonds is 4. The third-order valence-corrected chi connectivity index (χ3v) is 3.84. The van der Waals surface area contributed by atoms with E-state index in [-0.39, 0.29) is 0 Å². The van der Waals surface area contributed by atoms with Crippen LogP contribution in [-0.2, 0) is 6.42 Å². The zero-order chi connectivity index (χ0) is 13.1. The van der Waals surface area contributed by atoms with Crippen molar-refractivity contribution in [1.29, 1.82) is 0 Å². The van der Waals surface area contributed by atoms with E-state index >= 15 is 0 Å². The Balaban J connectivity index is 2.24. The van der Waals surface area contributed by atoms with Gasteiger partial charge in [0, 0.05) is 24.8 Å². The van der Waals surface area contributed by atoms with E-state index in [0.717, 1.165) is 5.92 Å². The van der Waals surface area contributed by atoms with Crippen LogP contribution >= 0.6 is 0 Å². The van der Waals surface area contributed by atoms with Crippen molar-refractivity contribution < 1.29 is 0 Å². The van der Waals surface area contributed by atoms with Crippen LogP contribution in [0, 0.1) is 5.92 Å². The molecule has 1 N–H and O–H groups in total. The second-order valence-electron chi connectivity index (χ2n) is 5.84. The van der Waals surface area contributed by atoms with Gasteiger partial charge in [-0.25, -0.2) is 0 Å². The fraction of sp³-hybridized carbons (Fsp3) is 0.625. The molecule has 0 fully saturated rings. The molecule has 1 heterocycles. The molecule has 0 saturated heterocycles. The number of hydrogen-bond acceptors (Lipinski definition) is 2. The summed E-state index contributed by atoms with van der Waals surface area (Å²) in [4.78, 5) is 2.55. The molecule has 1 aliphatic rings. The minimum absolute atomic E-state index is 0.441. The number of aryl methyl sites for hydroxylation is 1. The number of hydrogen-bond donors (Lipinski definition) is 1. The van der Waals surface area contributed by atoms with Crippen LogP contribution in [0.25, 0.3) is 0 Å². The molecule has 0 amide bonds. The first-order valence-corrected chi connectivity index (χ1v) is 7.17. The molecule has 1 aromatic rings. The van der Waals surface area contributed by atoms with Crippen LogP contribution in [0.5, 0.6) is 0 Å². The molecule has 18 heavy (non-hydrogen) atoms. The van der Waals surface area contributed by atoms with Gasteiger partial charge in [0.2, 0.25) is 0 Å². The first kappa shape index (κ1) is 13.4. The van der Waals surface area contributed by atoms with E-state index in [2.05, 4.69) is 49.2 Å². The Morgan fingerprint density at radius 1 is 1.28 bits per heavy atom. The van der Waals surface area contributed by atoms with E-state index in [4.69, 9.17) is 0 Å². The monoisotopic (exact) mass is 246 g/mol. The number of nitrogens with one attached hydrogen (secondary N) is 1. The number of benzene rings is 1. The Hall–Kier alpha value is -1.02. The summed E-state index contributed by atoms with van der Waals surface area (Å²) >= 11 is 0. The molecule has 0 aliphatic carbocycles. The zero-order valence-corrected chi connectivity index (χ0v) is 12.2. The van der Waals surface area contributed by atoms with E-state index in [9.17, 15) is 0 Å². The van der Waals surface area contributed by atoms with Crippen molar-refractivity contribution >= 4 is 5.69 Å². The molecule has 0 bridgehead atoms. The summed E-state index contributed by atoms with van der Waals surface area (Å²) in [7, 11) is 2.02. The Kier molecular flexibility index (Phi) is 4.28. The minimum Gasteiger partial charge on any atom is -0.371 e. The van der Waals surface area contributed by atoms with E-state index in [1.807, 2.05) is 7.05 Å². The lowest BCUT2D eigenvalue weighted by Gasteiger charge is -2.33. The lowest BCUT2D eigenvalue weighted by atomic mass is 9.96. The van der Waals surface area contributed by atoms with E-state index in [1.165, 1.54) is 42.7 Å². The molecular weight excluding hydrogens is 220 g/mol. The van der Waals surface area contributed by atoms with Crippen molar-refractivity contribution in [1.82, 2.24) is 5.32 Å². The van der Waals surface area contributed by atoms with Gasteiger partial charge in [-0.05, 0) is 49.9 Å². The molecule has 1 unspecified atom stereocenters. The molecule has 100 valence electrons. The maximum absolute atomic E-state index is 3.32. The molecule has 2 heteroatoms. The van der Waals surface area contributed by atoms with Crippen molar-refractivity contribution in [2.45, 2.75) is 39.7 Å². The van der Waals surface area contributed by atoms with Gasteiger partial charge in [-0.2, -0.15) is 0 Å². The summed E-state index contributed by atoms with van der Waals surface area (Å²) in [5, 5.41) is 3.32. The molecule has 2 nitrogen and oxygen atoms in total. The van der Waals surface area contributed by atoms with Crippen molar-refractivity contribution in [3.63, 3.8) is 0 Å². The summed E-state index contributed by atoms with van der Waals surface area (Å²) in [5.74, 6) is 0.729. The lowest BCUT2D eigenvalue weighted by molar-refractivity contribution is 0.583. The van der Waals surface area contributed by atoms with Gasteiger partial charge in [-0.15, -0.1) is 0 Å². The standard InChI is InChI=1S/C16H26N2/c1-12(2)11-18-9-5-6-15-10-14(13(3)17-4)7-8-16(15)18/h7-8,10,12-13,17H,5-6,9,11H2,1-4H3. The van der Waals surface area contributed by atoms with Crippen LogP contribution in [0.4, 0.5) is 5.69 Å². The topological polar surface area (TPSA) is 15.3 Å². The van der Waals surface area contributed by atoms with Crippen LogP contribution in [0.1, 0.15) is 44.4 Å². The van der Waals surface area contributed by atoms with Gasteiger partial charge in [-0.3, -0.25) is 0 Å². The first-order valence-electron chi connectivity index (χ1n) is 7.17. The second kappa shape index (κ2) is 5.75. The highest BCUT2D eigenvalue weighted by atomic mass is 15.1. The molecular formula is C16H26N2. The second-order valence-corrected chi connectivity index (χ2v) is 5.84. The molecule has 2 rings (SSSR count). The van der Waals surface area contributed by atoms with E-state index < -0.39 is 0 Å². The maximum Gasteiger partial charge on any atom is 0.0399 e. The summed E-state index contributed by atoms with van der Waals surface area (Å²) in [6.07, 6.45) is 2.52. The van der Waals surface area contributed by atoms with Gasteiger partial charge in [-0.1, -0.05) is 26.0 Å². The molecule has 0 saturated carbocycles. The van der Waals surface area contributed by atoms with Crippen LogP contribution in [-0.4, -0.2) is 20.1 Å². The SMILES string of the molecule is CNC(C)c1ccc2c(c1)CCCN2CC(C)C. The van der Waals surface area contributed by atoms with Crippen molar-refractivity contribution in [3.05, 3.63) is 29.3 Å². The summed E-state index contributed by atoms with van der Waals surface area (Å²) in [5.41, 5.74) is 4.39. The average molecular weight is 246 g/mol. The molecule has 0 spiro atoms. The van der Waals surface area contributed by atoms with E-state index in [0.29, 0.717) is 6.04 Å². The third-order valence-electron chi connectivity index (χ3n) is 3.84. The van der Waals surface area contributed by atoms with Crippen molar-refractivity contribution in [2.75, 3.05) is 25.0 Å². The Morgan fingerprint density at radius 3 is 2.72 bits per heavy atom. The molecule has 1 atom stereocenters. The number of anilines is 1. The van der Waals surface area contributed by atoms with Gasteiger partial charge in [0.25, 0.3) is 0 Å². The summed E-state index contributed by atoms with van der Waals surface area (Å²) in [6.45, 7) is 9.20. The fourth-order valence-electron chi connectivity index (χ4n) is 2.76. The molecule has 1 aromatic carbocycles. The summed E-state index contributed by atoms with van der Waals surface area (Å²) in [6, 6.07) is 7.43. The highest BCUT2D eigenvalue weighted by Crippen LogP contribution is 2.30. The summed E-state index contributed by atoms with van der Waals surface area (Å²) < 4.78 is 0. The molecule has 0 radical (unpaired) electrons. The van der Waals surface area contributed by atoms with Crippen molar-refractivity contribution in [3.8, 4) is 0 Å². The largest absolute Gasteiger partial charge is 0.371 e. The first-order chi connectivity index (χ1) is 8.61. The predicted octanol–water partition coefficient (Wildman–Crippen LogP) is 3.38. The van der Waals surface area contributed by atoms with Gasteiger partial charge in [0.05, 0.1) is 0 Å². The Morgan fingerprint density at radius 2 is 2.06 bits per heavy atom. The zero-order valence-electron chi connectivity index (χ0n) is 12.2. The van der Waals surface area contributed by atoms with Crippen LogP contribution in [0.2, 0.25) is 0 Å². The Labute approximate surface area is 111 Å². The third kappa shape index (κ3) is 2.86. The van der Waals surface area contributed by atoms with Gasteiger partial charge in [0.1, 0.15) is 0 Å². The lowest BCUT2D eigenvalue weighted by Crippen LogP contribution is -2.32. The van der Waals surface area contributed by atoms with E-state index in [1.54, 1.807) is 0 Å². The van der Waals surface area contributed by atoms with Gasteiger partial charge < -0.3 is 10.2 Å². The maximum atomic E-state index is 3.32. The van der Waals surface area contributed by atoms with Crippen LogP contribution in [0.15, 0.2) is 18.2 Å². The smallest absolute Gasteiger partial charge is 0.0399 e. The average Bonchev–Trinajstić information content (AvgIpc) is 2.37. The van der Waals surface area contributed by atoms with Crippen LogP contribution < -0.4 is 10.2 Å². The number of nitrogens with zero attached hydrogens (tertiary/aromatic N) is 1. The predicted molar refractivity (Wildman–Crippen MR) is 79.3 cm³/mol. The Bertz CT molecular complexity index is 398. The van der Waals surface area contributed by atoms with Crippen molar-refractivity contribution in [2.24, 2.45) is 5.92 Å². The molecule has 0 aromatic heterocycles. The number of fused-ring (bicyclic) bond motifs is 1. The normalized spacial score (nSPS) is 16.8. The highest BCUT2D eigenvalue weighted by Gasteiger charge is 2.18. The van der Waals surface area contributed by atoms with Gasteiger partial charge in [0.15, 0.2) is 0 Å². The highest BCUT2D eigenvalue weighted by molar-refractivity contribution is 5.57. The molecule has 1 aliphatic heterocycles. The minimum atomic E-state index is 0.441. The quantitative estimate of drug-likeness (QED) is 0.876. The fourth-order valence-corrected chi connectivity index (χ4v) is 2.76.